The van der Waals surface area contributed by atoms with Crippen LogP contribution in [-0.2, 0) is 0 Å². The molecular weight excluding hydrogens is 274 g/mol. The number of rotatable bonds is 4. The fourth-order valence-corrected chi connectivity index (χ4v) is 3.26. The summed E-state index contributed by atoms with van der Waals surface area (Å²) in [5, 5.41) is 1.05. The predicted octanol–water partition coefficient (Wildman–Crippen LogP) is 3.75. The third-order valence-corrected chi connectivity index (χ3v) is 4.78. The van der Waals surface area contributed by atoms with Gasteiger partial charge in [-0.15, -0.1) is 0 Å². The molecule has 0 amide bonds. The van der Waals surface area contributed by atoms with Crippen LogP contribution in [0.15, 0.2) is 30.3 Å². The largest absolute Gasteiger partial charge is 0.302 e. The second kappa shape index (κ2) is 6.01. The van der Waals surface area contributed by atoms with Crippen molar-refractivity contribution in [1.82, 2.24) is 4.90 Å². The van der Waals surface area contributed by atoms with Crippen molar-refractivity contribution in [1.29, 1.82) is 0 Å². The molecule has 1 aromatic rings. The van der Waals surface area contributed by atoms with Gasteiger partial charge in [-0.3, -0.25) is 0 Å². The number of nitrogens with zero attached hydrogens (tertiary/aromatic N) is 1. The number of benzene rings is 1. The first kappa shape index (κ1) is 13.1. The van der Waals surface area contributed by atoms with Crippen molar-refractivity contribution in [2.24, 2.45) is 11.8 Å². The van der Waals surface area contributed by atoms with Gasteiger partial charge in [0.25, 0.3) is 0 Å². The van der Waals surface area contributed by atoms with E-state index in [4.69, 9.17) is 0 Å². The Morgan fingerprint density at radius 1 is 1.18 bits per heavy atom. The minimum Gasteiger partial charge on any atom is -0.302 e. The molecule has 1 aliphatic rings. The number of halogens is 1. The third-order valence-electron chi connectivity index (χ3n) is 4.00. The van der Waals surface area contributed by atoms with Crippen LogP contribution >= 0.6 is 15.9 Å². The maximum Gasteiger partial charge on any atom is 0.0112 e. The Kier molecular flexibility index (Phi) is 4.63. The molecule has 2 heteroatoms. The monoisotopic (exact) mass is 295 g/mol. The predicted molar refractivity (Wildman–Crippen MR) is 77.7 cm³/mol. The lowest BCUT2D eigenvalue weighted by atomic mass is 10.0. The third kappa shape index (κ3) is 3.32. The summed E-state index contributed by atoms with van der Waals surface area (Å²) in [6.07, 6.45) is 0. The summed E-state index contributed by atoms with van der Waals surface area (Å²) in [7, 11) is 0. The lowest BCUT2D eigenvalue weighted by Crippen LogP contribution is -2.27. The molecule has 0 N–H and O–H groups in total. The summed E-state index contributed by atoms with van der Waals surface area (Å²) in [4.78, 5) is 2.62. The molecule has 1 nitrogen and oxygen atoms in total. The summed E-state index contributed by atoms with van der Waals surface area (Å²) in [5.41, 5.74) is 1.46. The molecule has 1 fully saturated rings. The van der Waals surface area contributed by atoms with Gasteiger partial charge in [-0.05, 0) is 17.4 Å². The van der Waals surface area contributed by atoms with Gasteiger partial charge in [-0.25, -0.2) is 0 Å². The summed E-state index contributed by atoms with van der Waals surface area (Å²) in [6, 6.07) is 10.9. The average molecular weight is 296 g/mol. The van der Waals surface area contributed by atoms with Crippen molar-refractivity contribution in [2.45, 2.75) is 19.8 Å². The van der Waals surface area contributed by atoms with Gasteiger partial charge in [0.15, 0.2) is 0 Å². The minimum atomic E-state index is 0.619. The van der Waals surface area contributed by atoms with Crippen molar-refractivity contribution in [3.05, 3.63) is 35.9 Å². The van der Waals surface area contributed by atoms with E-state index in [-0.39, 0.29) is 0 Å². The van der Waals surface area contributed by atoms with Crippen molar-refractivity contribution in [2.75, 3.05) is 25.0 Å². The maximum absolute atomic E-state index is 3.66. The molecule has 3 unspecified atom stereocenters. The first-order chi connectivity index (χ1) is 8.20. The maximum atomic E-state index is 3.66. The molecule has 1 heterocycles. The summed E-state index contributed by atoms with van der Waals surface area (Å²) in [5.74, 6) is 2.32. The zero-order valence-electron chi connectivity index (χ0n) is 10.8. The normalized spacial score (nSPS) is 27.2. The molecule has 0 aliphatic carbocycles. The number of likely N-dealkylation sites (tertiary alicyclic amines) is 1. The molecule has 94 valence electrons. The quantitative estimate of drug-likeness (QED) is 0.765. The van der Waals surface area contributed by atoms with Crippen molar-refractivity contribution >= 4 is 15.9 Å². The first-order valence-corrected chi connectivity index (χ1v) is 7.66. The summed E-state index contributed by atoms with van der Waals surface area (Å²) < 4.78 is 0. The van der Waals surface area contributed by atoms with Gasteiger partial charge < -0.3 is 4.90 Å². The molecule has 0 spiro atoms. The highest BCUT2D eigenvalue weighted by atomic mass is 79.9. The average Bonchev–Trinajstić information content (AvgIpc) is 2.67. The highest BCUT2D eigenvalue weighted by Crippen LogP contribution is 2.26. The Morgan fingerprint density at radius 2 is 1.76 bits per heavy atom. The lowest BCUT2D eigenvalue weighted by molar-refractivity contribution is 0.309. The zero-order valence-corrected chi connectivity index (χ0v) is 12.4. The molecular formula is C15H22BrN. The van der Waals surface area contributed by atoms with Crippen LogP contribution in [-0.4, -0.2) is 29.9 Å². The van der Waals surface area contributed by atoms with Crippen molar-refractivity contribution in [3.8, 4) is 0 Å². The Labute approximate surface area is 113 Å². The van der Waals surface area contributed by atoms with Gasteiger partial charge in [0.05, 0.1) is 0 Å². The van der Waals surface area contributed by atoms with Crippen LogP contribution in [0, 0.1) is 11.8 Å². The van der Waals surface area contributed by atoms with Crippen LogP contribution in [0.1, 0.15) is 25.3 Å². The van der Waals surface area contributed by atoms with E-state index < -0.39 is 0 Å². The van der Waals surface area contributed by atoms with Gasteiger partial charge in [0.2, 0.25) is 0 Å². The smallest absolute Gasteiger partial charge is 0.0112 e. The van der Waals surface area contributed by atoms with Gasteiger partial charge in [-0.1, -0.05) is 60.1 Å². The lowest BCUT2D eigenvalue weighted by Gasteiger charge is -2.22. The molecule has 1 aromatic carbocycles. The molecule has 0 radical (unpaired) electrons. The molecule has 0 aromatic heterocycles. The molecule has 2 rings (SSSR count). The highest BCUT2D eigenvalue weighted by molar-refractivity contribution is 9.09. The zero-order chi connectivity index (χ0) is 12.3. The fraction of sp³-hybridized carbons (Fsp3) is 0.600. The minimum absolute atomic E-state index is 0.619. The SMILES string of the molecule is CC1CN(CC(CBr)c2ccccc2)CC1C. The first-order valence-electron chi connectivity index (χ1n) is 6.54. The molecule has 17 heavy (non-hydrogen) atoms. The Bertz CT molecular complexity index is 328. The summed E-state index contributed by atoms with van der Waals surface area (Å²) in [6.45, 7) is 8.45. The second-order valence-corrected chi connectivity index (χ2v) is 6.08. The van der Waals surface area contributed by atoms with E-state index in [0.29, 0.717) is 5.92 Å². The number of hydrogen-bond acceptors (Lipinski definition) is 1. The Hall–Kier alpha value is -0.340. The van der Waals surface area contributed by atoms with Gasteiger partial charge in [0, 0.05) is 30.9 Å². The Balaban J connectivity index is 1.97. The van der Waals surface area contributed by atoms with Crippen molar-refractivity contribution in [3.63, 3.8) is 0 Å². The fourth-order valence-electron chi connectivity index (χ4n) is 2.68. The number of hydrogen-bond donors (Lipinski definition) is 0. The van der Waals surface area contributed by atoms with E-state index in [1.54, 1.807) is 0 Å². The highest BCUT2D eigenvalue weighted by Gasteiger charge is 2.27. The van der Waals surface area contributed by atoms with Crippen LogP contribution < -0.4 is 0 Å². The van der Waals surface area contributed by atoms with Crippen LogP contribution in [0.25, 0.3) is 0 Å². The van der Waals surface area contributed by atoms with E-state index in [9.17, 15) is 0 Å². The summed E-state index contributed by atoms with van der Waals surface area (Å²) >= 11 is 3.66. The van der Waals surface area contributed by atoms with Crippen LogP contribution in [0.3, 0.4) is 0 Å². The molecule has 1 aliphatic heterocycles. The molecule has 0 bridgehead atoms. The van der Waals surface area contributed by atoms with Gasteiger partial charge >= 0.3 is 0 Å². The van der Waals surface area contributed by atoms with Gasteiger partial charge in [0.1, 0.15) is 0 Å². The molecule has 3 atom stereocenters. The van der Waals surface area contributed by atoms with Gasteiger partial charge in [-0.2, -0.15) is 0 Å². The van der Waals surface area contributed by atoms with E-state index in [1.807, 2.05) is 0 Å². The standard InChI is InChI=1S/C15H22BrN/c1-12-9-17(10-13(12)2)11-15(8-16)14-6-4-3-5-7-14/h3-7,12-13,15H,8-11H2,1-2H3. The second-order valence-electron chi connectivity index (χ2n) is 5.44. The molecule has 1 saturated heterocycles. The topological polar surface area (TPSA) is 3.24 Å². The van der Waals surface area contributed by atoms with Crippen LogP contribution in [0.4, 0.5) is 0 Å². The van der Waals surface area contributed by atoms with E-state index >= 15 is 0 Å². The molecule has 0 saturated carbocycles. The number of alkyl halides is 1. The van der Waals surface area contributed by atoms with E-state index in [1.165, 1.54) is 25.2 Å². The van der Waals surface area contributed by atoms with E-state index in [0.717, 1.165) is 17.2 Å². The van der Waals surface area contributed by atoms with Crippen LogP contribution in [0.2, 0.25) is 0 Å². The van der Waals surface area contributed by atoms with E-state index in [2.05, 4.69) is 65.0 Å². The van der Waals surface area contributed by atoms with Crippen LogP contribution in [0.5, 0.6) is 0 Å². The van der Waals surface area contributed by atoms with Crippen molar-refractivity contribution < 1.29 is 0 Å². The Morgan fingerprint density at radius 3 is 2.29 bits per heavy atom.